The molecule has 0 saturated heterocycles. The van der Waals surface area contributed by atoms with E-state index >= 15 is 0 Å². The van der Waals surface area contributed by atoms with Crippen LogP contribution in [0.2, 0.25) is 5.02 Å². The van der Waals surface area contributed by atoms with Crippen LogP contribution in [-0.2, 0) is 5.75 Å². The van der Waals surface area contributed by atoms with Crippen LogP contribution in [0.3, 0.4) is 0 Å². The van der Waals surface area contributed by atoms with E-state index in [4.69, 9.17) is 11.6 Å². The molecule has 0 amide bonds. The van der Waals surface area contributed by atoms with E-state index in [0.717, 1.165) is 26.6 Å². The van der Waals surface area contributed by atoms with Gasteiger partial charge in [0.1, 0.15) is 0 Å². The minimum absolute atomic E-state index is 0.381. The molecule has 0 unspecified atom stereocenters. The van der Waals surface area contributed by atoms with Crippen molar-refractivity contribution in [1.82, 2.24) is 9.36 Å². The lowest BCUT2D eigenvalue weighted by molar-refractivity contribution is 0.894. The first-order valence-corrected chi connectivity index (χ1v) is 7.74. The zero-order valence-electron chi connectivity index (χ0n) is 10.2. The summed E-state index contributed by atoms with van der Waals surface area (Å²) in [5.74, 6) is 1.62. The van der Waals surface area contributed by atoms with Gasteiger partial charge in [-0.15, -0.1) is 11.8 Å². The van der Waals surface area contributed by atoms with E-state index in [1.165, 1.54) is 11.5 Å². The molecule has 0 bridgehead atoms. The van der Waals surface area contributed by atoms with Crippen molar-refractivity contribution in [2.24, 2.45) is 0 Å². The predicted octanol–water partition coefficient (Wildman–Crippen LogP) is 4.30. The number of hydrogen-bond donors (Lipinski definition) is 1. The fourth-order valence-corrected chi connectivity index (χ4v) is 3.20. The summed E-state index contributed by atoms with van der Waals surface area (Å²) in [6, 6.07) is 8.19. The molecule has 18 heavy (non-hydrogen) atoms. The Bertz CT molecular complexity index is 514. The van der Waals surface area contributed by atoms with Crippen LogP contribution in [0.5, 0.6) is 0 Å². The first kappa shape index (κ1) is 13.6. The molecule has 0 spiro atoms. The van der Waals surface area contributed by atoms with E-state index in [-0.39, 0.29) is 0 Å². The molecule has 2 aromatic rings. The van der Waals surface area contributed by atoms with Crippen LogP contribution in [0.1, 0.15) is 19.7 Å². The second kappa shape index (κ2) is 6.41. The largest absolute Gasteiger partial charge is 0.358 e. The standard InChI is InChI=1S/C12H14ClN3S2/c1-8(2)14-12-15-11(16-18-12)7-17-10-5-3-4-9(13)6-10/h3-6,8H,7H2,1-2H3,(H,14,15,16). The number of halogens is 1. The van der Waals surface area contributed by atoms with Crippen molar-refractivity contribution in [2.75, 3.05) is 5.32 Å². The highest BCUT2D eigenvalue weighted by Crippen LogP contribution is 2.25. The van der Waals surface area contributed by atoms with E-state index in [1.54, 1.807) is 11.8 Å². The Balaban J connectivity index is 1.92. The van der Waals surface area contributed by atoms with Crippen molar-refractivity contribution in [3.05, 3.63) is 35.1 Å². The Morgan fingerprint density at radius 1 is 1.44 bits per heavy atom. The van der Waals surface area contributed by atoms with Gasteiger partial charge in [0.05, 0.1) is 5.75 Å². The summed E-state index contributed by atoms with van der Waals surface area (Å²) in [6.07, 6.45) is 0. The normalized spacial score (nSPS) is 10.9. The van der Waals surface area contributed by atoms with Gasteiger partial charge in [-0.1, -0.05) is 17.7 Å². The van der Waals surface area contributed by atoms with Gasteiger partial charge in [0.15, 0.2) is 5.82 Å². The number of anilines is 1. The molecule has 0 aliphatic rings. The zero-order chi connectivity index (χ0) is 13.0. The van der Waals surface area contributed by atoms with Crippen LogP contribution in [-0.4, -0.2) is 15.4 Å². The summed E-state index contributed by atoms with van der Waals surface area (Å²) in [7, 11) is 0. The molecule has 2 rings (SSSR count). The summed E-state index contributed by atoms with van der Waals surface area (Å²) in [5, 5.41) is 4.89. The fraction of sp³-hybridized carbons (Fsp3) is 0.333. The summed E-state index contributed by atoms with van der Waals surface area (Å²) in [4.78, 5) is 5.57. The molecule has 3 nitrogen and oxygen atoms in total. The monoisotopic (exact) mass is 299 g/mol. The van der Waals surface area contributed by atoms with E-state index in [0.29, 0.717) is 6.04 Å². The smallest absolute Gasteiger partial charge is 0.202 e. The van der Waals surface area contributed by atoms with Crippen molar-refractivity contribution in [1.29, 1.82) is 0 Å². The molecule has 1 aromatic heterocycles. The number of benzene rings is 1. The van der Waals surface area contributed by atoms with E-state index in [1.807, 2.05) is 24.3 Å². The van der Waals surface area contributed by atoms with Gasteiger partial charge in [0.25, 0.3) is 0 Å². The van der Waals surface area contributed by atoms with E-state index in [9.17, 15) is 0 Å². The SMILES string of the molecule is CC(C)Nc1nc(CSc2cccc(Cl)c2)ns1. The quantitative estimate of drug-likeness (QED) is 0.835. The minimum atomic E-state index is 0.381. The maximum atomic E-state index is 5.94. The summed E-state index contributed by atoms with van der Waals surface area (Å²) < 4.78 is 4.32. The molecule has 1 N–H and O–H groups in total. The van der Waals surface area contributed by atoms with E-state index < -0.39 is 0 Å². The zero-order valence-corrected chi connectivity index (χ0v) is 12.6. The number of hydrogen-bond acceptors (Lipinski definition) is 5. The Hall–Kier alpha value is -0.780. The molecule has 0 aliphatic carbocycles. The van der Waals surface area contributed by atoms with Gasteiger partial charge in [-0.3, -0.25) is 0 Å². The Morgan fingerprint density at radius 3 is 3.00 bits per heavy atom. The highest BCUT2D eigenvalue weighted by atomic mass is 35.5. The fourth-order valence-electron chi connectivity index (χ4n) is 1.32. The molecule has 96 valence electrons. The van der Waals surface area contributed by atoms with Crippen molar-refractivity contribution < 1.29 is 0 Å². The van der Waals surface area contributed by atoms with Crippen LogP contribution >= 0.6 is 34.9 Å². The third-order valence-corrected chi connectivity index (χ3v) is 3.95. The van der Waals surface area contributed by atoms with Gasteiger partial charge in [-0.05, 0) is 32.0 Å². The van der Waals surface area contributed by atoms with Crippen LogP contribution in [0.4, 0.5) is 5.13 Å². The number of aromatic nitrogens is 2. The molecular formula is C12H14ClN3S2. The highest BCUT2D eigenvalue weighted by Gasteiger charge is 2.05. The van der Waals surface area contributed by atoms with Crippen LogP contribution in [0.15, 0.2) is 29.2 Å². The van der Waals surface area contributed by atoms with Gasteiger partial charge in [-0.25, -0.2) is 4.98 Å². The summed E-state index contributed by atoms with van der Waals surface area (Å²) >= 11 is 9.03. The summed E-state index contributed by atoms with van der Waals surface area (Å²) in [6.45, 7) is 4.17. The molecule has 1 heterocycles. The first-order chi connectivity index (χ1) is 8.63. The Morgan fingerprint density at radius 2 is 2.28 bits per heavy atom. The van der Waals surface area contributed by atoms with E-state index in [2.05, 4.69) is 28.5 Å². The van der Waals surface area contributed by atoms with Crippen LogP contribution < -0.4 is 5.32 Å². The number of thioether (sulfide) groups is 1. The van der Waals surface area contributed by atoms with Crippen LogP contribution in [0.25, 0.3) is 0 Å². The Labute approximate surface area is 120 Å². The topological polar surface area (TPSA) is 37.8 Å². The first-order valence-electron chi connectivity index (χ1n) is 5.61. The molecule has 0 radical (unpaired) electrons. The maximum absolute atomic E-state index is 5.94. The second-order valence-corrected chi connectivity index (χ2v) is 6.30. The lowest BCUT2D eigenvalue weighted by Gasteiger charge is -2.03. The second-order valence-electron chi connectivity index (χ2n) is 4.06. The minimum Gasteiger partial charge on any atom is -0.358 e. The van der Waals surface area contributed by atoms with Crippen LogP contribution in [0, 0.1) is 0 Å². The van der Waals surface area contributed by atoms with Gasteiger partial charge in [0.2, 0.25) is 5.13 Å². The lowest BCUT2D eigenvalue weighted by atomic mass is 10.4. The number of nitrogens with one attached hydrogen (secondary N) is 1. The van der Waals surface area contributed by atoms with Crippen molar-refractivity contribution in [3.8, 4) is 0 Å². The molecule has 0 fully saturated rings. The van der Waals surface area contributed by atoms with Crippen molar-refractivity contribution in [3.63, 3.8) is 0 Å². The summed E-state index contributed by atoms with van der Waals surface area (Å²) in [5.41, 5.74) is 0. The molecular weight excluding hydrogens is 286 g/mol. The highest BCUT2D eigenvalue weighted by molar-refractivity contribution is 7.98. The predicted molar refractivity (Wildman–Crippen MR) is 79.7 cm³/mol. The third-order valence-electron chi connectivity index (χ3n) is 2.04. The average Bonchev–Trinajstić information content (AvgIpc) is 2.73. The lowest BCUT2D eigenvalue weighted by Crippen LogP contribution is -2.09. The van der Waals surface area contributed by atoms with Crippen molar-refractivity contribution in [2.45, 2.75) is 30.5 Å². The molecule has 0 aliphatic heterocycles. The van der Waals surface area contributed by atoms with Gasteiger partial charge >= 0.3 is 0 Å². The average molecular weight is 300 g/mol. The third kappa shape index (κ3) is 4.15. The van der Waals surface area contributed by atoms with Crippen molar-refractivity contribution >= 4 is 40.0 Å². The molecule has 6 heteroatoms. The Kier molecular flexibility index (Phi) is 4.86. The molecule has 0 atom stereocenters. The van der Waals surface area contributed by atoms with Gasteiger partial charge in [-0.2, -0.15) is 4.37 Å². The molecule has 0 saturated carbocycles. The van der Waals surface area contributed by atoms with Gasteiger partial charge < -0.3 is 5.32 Å². The molecule has 1 aromatic carbocycles. The maximum Gasteiger partial charge on any atom is 0.202 e. The number of rotatable bonds is 5. The number of nitrogens with zero attached hydrogens (tertiary/aromatic N) is 2. The van der Waals surface area contributed by atoms with Gasteiger partial charge in [0, 0.05) is 27.5 Å².